The first-order valence-electron chi connectivity index (χ1n) is 10.3. The van der Waals surface area contributed by atoms with Crippen LogP contribution in [0.3, 0.4) is 0 Å². The Morgan fingerprint density at radius 1 is 1.16 bits per heavy atom. The molecule has 2 aromatic heterocycles. The Bertz CT molecular complexity index is 1160. The third kappa shape index (κ3) is 4.41. The molecule has 1 atom stereocenters. The van der Waals surface area contributed by atoms with Crippen LogP contribution in [0.25, 0.3) is 16.7 Å². The fourth-order valence-corrected chi connectivity index (χ4v) is 4.42. The first-order valence-corrected chi connectivity index (χ1v) is 11.1. The average molecular weight is 508 g/mol. The molecule has 1 aromatic carbocycles. The molecule has 1 aliphatic heterocycles. The van der Waals surface area contributed by atoms with Gasteiger partial charge < -0.3 is 14.5 Å². The normalized spacial score (nSPS) is 17.2. The third-order valence-electron chi connectivity index (χ3n) is 5.19. The zero-order valence-electron chi connectivity index (χ0n) is 18.3. The van der Waals surface area contributed by atoms with E-state index in [1.807, 2.05) is 27.7 Å². The van der Waals surface area contributed by atoms with Crippen molar-refractivity contribution in [3.05, 3.63) is 46.8 Å². The fourth-order valence-electron chi connectivity index (χ4n) is 3.86. The molecular weight excluding hydrogens is 484 g/mol. The van der Waals surface area contributed by atoms with Gasteiger partial charge in [0.1, 0.15) is 29.4 Å². The van der Waals surface area contributed by atoms with E-state index in [2.05, 4.69) is 30.8 Å². The van der Waals surface area contributed by atoms with E-state index in [4.69, 9.17) is 4.74 Å². The van der Waals surface area contributed by atoms with Gasteiger partial charge in [-0.25, -0.2) is 23.5 Å². The number of carbonyl (C=O) groups is 1. The van der Waals surface area contributed by atoms with Gasteiger partial charge in [-0.15, -0.1) is 0 Å². The quantitative estimate of drug-likeness (QED) is 0.493. The lowest BCUT2D eigenvalue weighted by Crippen LogP contribution is -2.54. The number of piperazine rings is 1. The summed E-state index contributed by atoms with van der Waals surface area (Å²) in [6, 6.07) is 3.30. The molecule has 1 aliphatic rings. The van der Waals surface area contributed by atoms with Crippen molar-refractivity contribution in [3.63, 3.8) is 0 Å². The second kappa shape index (κ2) is 8.31. The van der Waals surface area contributed by atoms with Crippen LogP contribution in [-0.4, -0.2) is 56.8 Å². The van der Waals surface area contributed by atoms with E-state index in [0.717, 1.165) is 11.5 Å². The molecule has 4 rings (SSSR count). The molecule has 1 saturated heterocycles. The first-order chi connectivity index (χ1) is 15.0. The first kappa shape index (κ1) is 22.4. The highest BCUT2D eigenvalue weighted by Crippen LogP contribution is 2.35. The number of nitrogens with zero attached hydrogens (tertiary/aromatic N) is 5. The summed E-state index contributed by atoms with van der Waals surface area (Å²) < 4.78 is 35.4. The van der Waals surface area contributed by atoms with Crippen LogP contribution in [0.15, 0.2) is 35.2 Å². The largest absolute Gasteiger partial charge is 0.444 e. The maximum Gasteiger partial charge on any atom is 0.410 e. The highest BCUT2D eigenvalue weighted by Gasteiger charge is 2.32. The number of hydrogen-bond donors (Lipinski definition) is 0. The molecule has 0 saturated carbocycles. The number of anilines is 1. The summed E-state index contributed by atoms with van der Waals surface area (Å²) in [5.74, 6) is -0.646. The summed E-state index contributed by atoms with van der Waals surface area (Å²) in [7, 11) is 0. The monoisotopic (exact) mass is 507 g/mol. The van der Waals surface area contributed by atoms with Crippen LogP contribution in [0.2, 0.25) is 0 Å². The van der Waals surface area contributed by atoms with Gasteiger partial charge in [-0.2, -0.15) is 0 Å². The Labute approximate surface area is 193 Å². The standard InChI is InChI=1S/C22H24BrF2N5O2/c1-13-10-28(21(31)32-22(2,3)4)5-6-29(13)19-18-17(23)11-30(20(18)27-12-26-19)16-8-14(24)7-15(25)9-16/h7-9,11-13H,5-6,10H2,1-4H3/t13-/m0/s1. The molecule has 0 aliphatic carbocycles. The minimum Gasteiger partial charge on any atom is -0.444 e. The van der Waals surface area contributed by atoms with Crippen LogP contribution in [-0.2, 0) is 4.74 Å². The molecular formula is C22H24BrF2N5O2. The zero-order valence-corrected chi connectivity index (χ0v) is 19.9. The molecule has 32 heavy (non-hydrogen) atoms. The second-order valence-corrected chi connectivity index (χ2v) is 9.69. The Hall–Kier alpha value is -2.75. The molecule has 3 aromatic rings. The lowest BCUT2D eigenvalue weighted by Gasteiger charge is -2.41. The molecule has 1 fully saturated rings. The Morgan fingerprint density at radius 3 is 2.47 bits per heavy atom. The van der Waals surface area contributed by atoms with Gasteiger partial charge >= 0.3 is 6.09 Å². The van der Waals surface area contributed by atoms with E-state index in [9.17, 15) is 13.6 Å². The van der Waals surface area contributed by atoms with Crippen LogP contribution in [0.4, 0.5) is 19.4 Å². The van der Waals surface area contributed by atoms with E-state index in [1.165, 1.54) is 18.5 Å². The van der Waals surface area contributed by atoms with Crippen molar-refractivity contribution in [1.82, 2.24) is 19.4 Å². The summed E-state index contributed by atoms with van der Waals surface area (Å²) in [5.41, 5.74) is 0.291. The Morgan fingerprint density at radius 2 is 1.84 bits per heavy atom. The van der Waals surface area contributed by atoms with Gasteiger partial charge in [-0.3, -0.25) is 4.57 Å². The molecule has 0 radical (unpaired) electrons. The average Bonchev–Trinajstić information content (AvgIpc) is 3.03. The molecule has 1 amide bonds. The number of ether oxygens (including phenoxy) is 1. The van der Waals surface area contributed by atoms with Crippen molar-refractivity contribution < 1.29 is 18.3 Å². The lowest BCUT2D eigenvalue weighted by molar-refractivity contribution is 0.0218. The van der Waals surface area contributed by atoms with Crippen LogP contribution in [0, 0.1) is 11.6 Å². The highest BCUT2D eigenvalue weighted by molar-refractivity contribution is 9.10. The molecule has 0 N–H and O–H groups in total. The van der Waals surface area contributed by atoms with Gasteiger partial charge in [-0.1, -0.05) is 0 Å². The van der Waals surface area contributed by atoms with Gasteiger partial charge in [0, 0.05) is 42.4 Å². The van der Waals surface area contributed by atoms with E-state index in [-0.39, 0.29) is 12.1 Å². The molecule has 170 valence electrons. The van der Waals surface area contributed by atoms with Crippen LogP contribution >= 0.6 is 15.9 Å². The van der Waals surface area contributed by atoms with Crippen LogP contribution in [0.1, 0.15) is 27.7 Å². The molecule has 0 bridgehead atoms. The third-order valence-corrected chi connectivity index (χ3v) is 5.79. The number of benzene rings is 1. The number of rotatable bonds is 2. The number of fused-ring (bicyclic) bond motifs is 1. The summed E-state index contributed by atoms with van der Waals surface area (Å²) in [6.45, 7) is 9.06. The molecule has 0 unspecified atom stereocenters. The summed E-state index contributed by atoms with van der Waals surface area (Å²) in [5, 5.41) is 0.731. The van der Waals surface area contributed by atoms with E-state index in [1.54, 1.807) is 15.7 Å². The summed E-state index contributed by atoms with van der Waals surface area (Å²) in [6.07, 6.45) is 2.82. The number of carbonyl (C=O) groups excluding carboxylic acids is 1. The predicted molar refractivity (Wildman–Crippen MR) is 121 cm³/mol. The van der Waals surface area contributed by atoms with E-state index >= 15 is 0 Å². The van der Waals surface area contributed by atoms with Gasteiger partial charge in [0.15, 0.2) is 5.65 Å². The maximum absolute atomic E-state index is 13.8. The van der Waals surface area contributed by atoms with Gasteiger partial charge in [0.05, 0.1) is 11.1 Å². The zero-order chi connectivity index (χ0) is 23.2. The molecule has 10 heteroatoms. The topological polar surface area (TPSA) is 63.5 Å². The van der Waals surface area contributed by atoms with E-state index in [0.29, 0.717) is 41.3 Å². The number of halogens is 3. The van der Waals surface area contributed by atoms with Crippen LogP contribution < -0.4 is 4.90 Å². The Balaban J connectivity index is 1.66. The second-order valence-electron chi connectivity index (χ2n) is 8.84. The predicted octanol–water partition coefficient (Wildman–Crippen LogP) is 4.91. The minimum atomic E-state index is -0.667. The maximum atomic E-state index is 13.8. The minimum absolute atomic E-state index is 0.0313. The van der Waals surface area contributed by atoms with Gasteiger partial charge in [0.2, 0.25) is 0 Å². The summed E-state index contributed by atoms with van der Waals surface area (Å²) >= 11 is 3.56. The van der Waals surface area contributed by atoms with Crippen molar-refractivity contribution in [2.24, 2.45) is 0 Å². The molecule has 7 nitrogen and oxygen atoms in total. The Kier molecular flexibility index (Phi) is 5.83. The fraction of sp³-hybridized carbons (Fsp3) is 0.409. The van der Waals surface area contributed by atoms with Gasteiger partial charge in [0.25, 0.3) is 0 Å². The molecule has 3 heterocycles. The smallest absolute Gasteiger partial charge is 0.410 e. The summed E-state index contributed by atoms with van der Waals surface area (Å²) in [4.78, 5) is 25.1. The van der Waals surface area contributed by atoms with E-state index < -0.39 is 17.2 Å². The van der Waals surface area contributed by atoms with Crippen LogP contribution in [0.5, 0.6) is 0 Å². The van der Waals surface area contributed by atoms with Crippen molar-refractivity contribution in [2.75, 3.05) is 24.5 Å². The van der Waals surface area contributed by atoms with Crippen molar-refractivity contribution in [2.45, 2.75) is 39.3 Å². The number of aromatic nitrogens is 3. The van der Waals surface area contributed by atoms with Crippen molar-refractivity contribution >= 4 is 38.9 Å². The number of amides is 1. The lowest BCUT2D eigenvalue weighted by atomic mass is 10.1. The molecule has 0 spiro atoms. The highest BCUT2D eigenvalue weighted by atomic mass is 79.9. The van der Waals surface area contributed by atoms with Crippen molar-refractivity contribution in [1.29, 1.82) is 0 Å². The number of hydrogen-bond acceptors (Lipinski definition) is 5. The van der Waals surface area contributed by atoms with Gasteiger partial charge in [-0.05, 0) is 55.8 Å². The SMILES string of the molecule is C[C@H]1CN(C(=O)OC(C)(C)C)CCN1c1ncnc2c1c(Br)cn2-c1cc(F)cc(F)c1. The van der Waals surface area contributed by atoms with Crippen molar-refractivity contribution in [3.8, 4) is 5.69 Å².